The lowest BCUT2D eigenvalue weighted by Gasteiger charge is -2.09. The lowest BCUT2D eigenvalue weighted by molar-refractivity contribution is 0.0526. The Balaban J connectivity index is 2.65. The molecule has 0 atom stereocenters. The summed E-state index contributed by atoms with van der Waals surface area (Å²) in [7, 11) is 0. The van der Waals surface area contributed by atoms with Gasteiger partial charge in [0, 0.05) is 11.1 Å². The number of halogens is 1. The van der Waals surface area contributed by atoms with E-state index in [2.05, 4.69) is 17.0 Å². The van der Waals surface area contributed by atoms with Crippen LogP contribution in [0.15, 0.2) is 71.5 Å². The topological polar surface area (TPSA) is 76.0 Å². The average molecular weight is 450 g/mol. The highest BCUT2D eigenvalue weighted by atomic mass is 35.5. The molecule has 2 aromatic rings. The minimum atomic E-state index is -0.424. The molecule has 0 unspecified atom stereocenters. The predicted octanol–water partition coefficient (Wildman–Crippen LogP) is 6.29. The molecule has 6 heteroatoms. The normalized spacial score (nSPS) is 11.8. The number of carbonyl (C=O) groups is 1. The van der Waals surface area contributed by atoms with Crippen molar-refractivity contribution in [1.82, 2.24) is 0 Å². The number of ether oxygens (including phenoxy) is 1. The number of benzene rings is 2. The Kier molecular flexibility index (Phi) is 9.46. The third-order valence-electron chi connectivity index (χ3n) is 4.33. The van der Waals surface area contributed by atoms with Gasteiger partial charge in [0.15, 0.2) is 0 Å². The van der Waals surface area contributed by atoms with Crippen LogP contribution in [-0.2, 0) is 4.74 Å². The molecule has 0 amide bonds. The van der Waals surface area contributed by atoms with Crippen LogP contribution in [0.5, 0.6) is 5.75 Å². The van der Waals surface area contributed by atoms with E-state index in [9.17, 15) is 14.8 Å². The van der Waals surface area contributed by atoms with Crippen LogP contribution in [0.25, 0.3) is 5.57 Å². The van der Waals surface area contributed by atoms with Gasteiger partial charge in [0.1, 0.15) is 12.3 Å². The Labute approximate surface area is 193 Å². The van der Waals surface area contributed by atoms with E-state index >= 15 is 0 Å². The first kappa shape index (κ1) is 24.6. The Morgan fingerprint density at radius 3 is 2.53 bits per heavy atom. The van der Waals surface area contributed by atoms with Gasteiger partial charge in [-0.2, -0.15) is 4.91 Å². The maximum Gasteiger partial charge on any atom is 0.338 e. The molecule has 0 saturated heterocycles. The number of carbonyl (C=O) groups excluding carboxylic acids is 1. The molecule has 32 heavy (non-hydrogen) atoms. The Hall–Kier alpha value is -3.62. The van der Waals surface area contributed by atoms with Crippen molar-refractivity contribution >= 4 is 23.1 Å². The van der Waals surface area contributed by atoms with E-state index in [1.54, 1.807) is 31.2 Å². The largest absolute Gasteiger partial charge is 0.508 e. The molecule has 2 rings (SSSR count). The van der Waals surface area contributed by atoms with Crippen molar-refractivity contribution in [2.45, 2.75) is 20.8 Å². The summed E-state index contributed by atoms with van der Waals surface area (Å²) in [5.74, 6) is 5.76. The van der Waals surface area contributed by atoms with Crippen molar-refractivity contribution in [1.29, 1.82) is 0 Å². The maximum atomic E-state index is 12.3. The minimum Gasteiger partial charge on any atom is -0.508 e. The molecule has 164 valence electrons. The molecule has 0 radical (unpaired) electrons. The molecule has 0 fully saturated rings. The maximum absolute atomic E-state index is 12.3. The van der Waals surface area contributed by atoms with Gasteiger partial charge in [-0.3, -0.25) is 0 Å². The van der Waals surface area contributed by atoms with E-state index in [-0.39, 0.29) is 18.9 Å². The number of rotatable bonds is 7. The van der Waals surface area contributed by atoms with E-state index in [0.717, 1.165) is 16.7 Å². The van der Waals surface area contributed by atoms with Crippen molar-refractivity contribution in [3.05, 3.63) is 98.5 Å². The van der Waals surface area contributed by atoms with E-state index in [0.29, 0.717) is 21.7 Å². The summed E-state index contributed by atoms with van der Waals surface area (Å²) in [5.41, 5.74) is 3.96. The minimum absolute atomic E-state index is 0.0605. The molecule has 0 aliphatic heterocycles. The lowest BCUT2D eigenvalue weighted by Crippen LogP contribution is -2.05. The predicted molar refractivity (Wildman–Crippen MR) is 129 cm³/mol. The highest BCUT2D eigenvalue weighted by Gasteiger charge is 2.12. The van der Waals surface area contributed by atoms with Gasteiger partial charge in [0.25, 0.3) is 0 Å². The SMILES string of the molecule is C\C=C/C(=C\C=C(/C)CN=O)c1cc(C(=O)OCC)ccc1C#Cc1ccc(O)cc1Cl. The van der Waals surface area contributed by atoms with Crippen LogP contribution in [0, 0.1) is 16.7 Å². The summed E-state index contributed by atoms with van der Waals surface area (Å²) in [6.45, 7) is 5.81. The highest BCUT2D eigenvalue weighted by Crippen LogP contribution is 2.25. The second-order valence-electron chi connectivity index (χ2n) is 6.82. The second-order valence-corrected chi connectivity index (χ2v) is 7.22. The van der Waals surface area contributed by atoms with Gasteiger partial charge in [-0.25, -0.2) is 4.79 Å². The third-order valence-corrected chi connectivity index (χ3v) is 4.65. The summed E-state index contributed by atoms with van der Waals surface area (Å²) in [4.78, 5) is 22.8. The molecule has 1 N–H and O–H groups in total. The molecular weight excluding hydrogens is 426 g/mol. The smallest absolute Gasteiger partial charge is 0.338 e. The van der Waals surface area contributed by atoms with Crippen molar-refractivity contribution in [3.8, 4) is 17.6 Å². The fraction of sp³-hybridized carbons (Fsp3) is 0.192. The van der Waals surface area contributed by atoms with Crippen molar-refractivity contribution in [3.63, 3.8) is 0 Å². The van der Waals surface area contributed by atoms with Crippen LogP contribution in [0.4, 0.5) is 0 Å². The van der Waals surface area contributed by atoms with Gasteiger partial charge >= 0.3 is 5.97 Å². The molecule has 0 aliphatic carbocycles. The van der Waals surface area contributed by atoms with E-state index in [1.165, 1.54) is 12.1 Å². The monoisotopic (exact) mass is 449 g/mol. The fourth-order valence-electron chi connectivity index (χ4n) is 2.77. The second kappa shape index (κ2) is 12.3. The van der Waals surface area contributed by atoms with Gasteiger partial charge in [-0.1, -0.05) is 52.9 Å². The van der Waals surface area contributed by atoms with Crippen LogP contribution in [0.1, 0.15) is 47.8 Å². The first-order chi connectivity index (χ1) is 15.4. The molecule has 0 aromatic heterocycles. The lowest BCUT2D eigenvalue weighted by atomic mass is 9.96. The molecule has 0 aliphatic rings. The van der Waals surface area contributed by atoms with Gasteiger partial charge in [0.2, 0.25) is 0 Å². The number of hydrogen-bond acceptors (Lipinski definition) is 5. The van der Waals surface area contributed by atoms with E-state index in [1.807, 2.05) is 38.2 Å². The number of nitrogens with zero attached hydrogens (tertiary/aromatic N) is 1. The summed E-state index contributed by atoms with van der Waals surface area (Å²) >= 11 is 6.18. The third kappa shape index (κ3) is 6.97. The first-order valence-electron chi connectivity index (χ1n) is 10.0. The van der Waals surface area contributed by atoms with Gasteiger partial charge < -0.3 is 9.84 Å². The molecule has 2 aromatic carbocycles. The Morgan fingerprint density at radius 1 is 1.16 bits per heavy atom. The molecule has 0 spiro atoms. The van der Waals surface area contributed by atoms with Crippen LogP contribution in [0.3, 0.4) is 0 Å². The quantitative estimate of drug-likeness (QED) is 0.233. The number of allylic oxidation sites excluding steroid dienone is 5. The standard InChI is InChI=1S/C26H24ClNO4/c1-4-6-19(8-7-18(3)17-28-31)24-15-22(26(30)32-5-2)12-10-20(24)9-11-21-13-14-23(29)16-25(21)27/h4,6-8,10,12-16,29H,5,17H2,1-3H3/b6-4-,18-7+,19-8+. The number of aromatic hydroxyl groups is 1. The van der Waals surface area contributed by atoms with Crippen LogP contribution < -0.4 is 0 Å². The zero-order chi connectivity index (χ0) is 23.5. The molecule has 5 nitrogen and oxygen atoms in total. The highest BCUT2D eigenvalue weighted by molar-refractivity contribution is 6.31. The van der Waals surface area contributed by atoms with Crippen molar-refractivity contribution in [2.24, 2.45) is 5.18 Å². The summed E-state index contributed by atoms with van der Waals surface area (Å²) in [5, 5.41) is 12.8. The summed E-state index contributed by atoms with van der Waals surface area (Å²) < 4.78 is 5.14. The molecule has 0 bridgehead atoms. The summed E-state index contributed by atoms with van der Waals surface area (Å²) in [6, 6.07) is 9.72. The number of hydrogen-bond donors (Lipinski definition) is 1. The number of phenols is 1. The van der Waals surface area contributed by atoms with Gasteiger partial charge in [-0.05, 0) is 73.9 Å². The van der Waals surface area contributed by atoms with Crippen LogP contribution >= 0.6 is 11.6 Å². The number of nitroso groups, excluding NO2 is 1. The Morgan fingerprint density at radius 2 is 1.88 bits per heavy atom. The van der Waals surface area contributed by atoms with E-state index in [4.69, 9.17) is 16.3 Å². The van der Waals surface area contributed by atoms with E-state index < -0.39 is 5.97 Å². The van der Waals surface area contributed by atoms with Gasteiger partial charge in [-0.15, -0.1) is 0 Å². The zero-order valence-electron chi connectivity index (χ0n) is 18.2. The van der Waals surface area contributed by atoms with Gasteiger partial charge in [0.05, 0.1) is 17.2 Å². The summed E-state index contributed by atoms with van der Waals surface area (Å²) in [6.07, 6.45) is 7.42. The molecule has 0 saturated carbocycles. The average Bonchev–Trinajstić information content (AvgIpc) is 2.76. The molecular formula is C26H24ClNO4. The zero-order valence-corrected chi connectivity index (χ0v) is 18.9. The number of phenolic OH excluding ortho intramolecular Hbond substituents is 1. The molecule has 0 heterocycles. The van der Waals surface area contributed by atoms with Crippen molar-refractivity contribution < 1.29 is 14.6 Å². The van der Waals surface area contributed by atoms with Crippen LogP contribution in [0.2, 0.25) is 5.02 Å². The number of esters is 1. The van der Waals surface area contributed by atoms with Crippen molar-refractivity contribution in [2.75, 3.05) is 13.2 Å². The first-order valence-corrected chi connectivity index (χ1v) is 10.4. The fourth-order valence-corrected chi connectivity index (χ4v) is 3.00. The Bertz CT molecular complexity index is 1150. The van der Waals surface area contributed by atoms with Crippen LogP contribution in [-0.4, -0.2) is 24.2 Å².